The van der Waals surface area contributed by atoms with E-state index in [1.807, 2.05) is 0 Å². The second-order valence-corrected chi connectivity index (χ2v) is 4.63. The molecule has 0 aromatic heterocycles. The van der Waals surface area contributed by atoms with Crippen LogP contribution in [0.4, 0.5) is 11.4 Å². The van der Waals surface area contributed by atoms with Gasteiger partial charge in [-0.1, -0.05) is 0 Å². The monoisotopic (exact) mass is 264 g/mol. The summed E-state index contributed by atoms with van der Waals surface area (Å²) in [6.45, 7) is 0. The topological polar surface area (TPSA) is 102 Å². The molecule has 1 aliphatic rings. The van der Waals surface area contributed by atoms with Crippen LogP contribution in [0.15, 0.2) is 18.2 Å². The Kier molecular flexibility index (Phi) is 3.66. The molecule has 1 amide bonds. The fourth-order valence-corrected chi connectivity index (χ4v) is 2.09. The molecule has 7 heteroatoms. The lowest BCUT2D eigenvalue weighted by molar-refractivity contribution is -0.384. The molecule has 0 unspecified atom stereocenters. The molecule has 0 spiro atoms. The van der Waals surface area contributed by atoms with Crippen molar-refractivity contribution in [3.05, 3.63) is 33.9 Å². The number of nitro benzene ring substituents is 1. The first kappa shape index (κ1) is 13.3. The predicted octanol–water partition coefficient (Wildman–Crippen LogP) is 1.50. The third-order valence-electron chi connectivity index (χ3n) is 3.54. The molecule has 1 saturated carbocycles. The summed E-state index contributed by atoms with van der Waals surface area (Å²) in [7, 11) is 1.75. The minimum absolute atomic E-state index is 0.137. The molecule has 0 aliphatic heterocycles. The molecule has 19 heavy (non-hydrogen) atoms. The Morgan fingerprint density at radius 2 is 2.21 bits per heavy atom. The summed E-state index contributed by atoms with van der Waals surface area (Å²) in [6, 6.07) is 4.43. The standard InChI is InChI=1S/C12H16N4O3/c1-15(9-3-2-4-9)12(17)8-5-6-11(16(18)19)10(7-8)14-13/h5-7,9,14H,2-4,13H2,1H3. The average molecular weight is 264 g/mol. The Morgan fingerprint density at radius 1 is 1.53 bits per heavy atom. The molecule has 1 aromatic rings. The van der Waals surface area contributed by atoms with Crippen LogP contribution in [0.5, 0.6) is 0 Å². The first-order valence-electron chi connectivity index (χ1n) is 6.07. The van der Waals surface area contributed by atoms with Gasteiger partial charge in [0.25, 0.3) is 11.6 Å². The number of nitrogens with two attached hydrogens (primary N) is 1. The highest BCUT2D eigenvalue weighted by atomic mass is 16.6. The molecule has 2 rings (SSSR count). The summed E-state index contributed by atoms with van der Waals surface area (Å²) in [6.07, 6.45) is 3.16. The normalized spacial score (nSPS) is 14.6. The van der Waals surface area contributed by atoms with Gasteiger partial charge in [0.15, 0.2) is 0 Å². The van der Waals surface area contributed by atoms with Crippen molar-refractivity contribution >= 4 is 17.3 Å². The number of anilines is 1. The zero-order chi connectivity index (χ0) is 14.0. The van der Waals surface area contributed by atoms with Crippen molar-refractivity contribution in [2.45, 2.75) is 25.3 Å². The van der Waals surface area contributed by atoms with Crippen molar-refractivity contribution in [3.63, 3.8) is 0 Å². The summed E-state index contributed by atoms with van der Waals surface area (Å²) in [5.74, 6) is 5.11. The van der Waals surface area contributed by atoms with Crippen LogP contribution in [-0.2, 0) is 0 Å². The van der Waals surface area contributed by atoms with Crippen LogP contribution in [0.1, 0.15) is 29.6 Å². The summed E-state index contributed by atoms with van der Waals surface area (Å²) < 4.78 is 0. The van der Waals surface area contributed by atoms with Crippen molar-refractivity contribution < 1.29 is 9.72 Å². The number of hydrazine groups is 1. The third kappa shape index (κ3) is 2.50. The molecule has 1 aromatic carbocycles. The van der Waals surface area contributed by atoms with E-state index in [-0.39, 0.29) is 23.3 Å². The van der Waals surface area contributed by atoms with Crippen LogP contribution in [-0.4, -0.2) is 28.8 Å². The Labute approximate surface area is 110 Å². The quantitative estimate of drug-likeness (QED) is 0.487. The molecule has 0 saturated heterocycles. The molecular weight excluding hydrogens is 248 g/mol. The SMILES string of the molecule is CN(C(=O)c1ccc([N+](=O)[O-])c(NN)c1)C1CCC1. The smallest absolute Gasteiger partial charge is 0.293 e. The van der Waals surface area contributed by atoms with E-state index in [0.717, 1.165) is 19.3 Å². The molecule has 0 heterocycles. The van der Waals surface area contributed by atoms with Crippen LogP contribution in [0, 0.1) is 10.1 Å². The Hall–Kier alpha value is -2.15. The highest BCUT2D eigenvalue weighted by molar-refractivity contribution is 5.96. The van der Waals surface area contributed by atoms with E-state index < -0.39 is 4.92 Å². The summed E-state index contributed by atoms with van der Waals surface area (Å²) in [4.78, 5) is 24.1. The van der Waals surface area contributed by atoms with Gasteiger partial charge in [0.2, 0.25) is 0 Å². The molecule has 7 nitrogen and oxygen atoms in total. The minimum Gasteiger partial charge on any atom is -0.339 e. The van der Waals surface area contributed by atoms with Gasteiger partial charge in [-0.3, -0.25) is 20.8 Å². The number of hydrogen-bond donors (Lipinski definition) is 2. The van der Waals surface area contributed by atoms with Gasteiger partial charge in [0.1, 0.15) is 5.69 Å². The number of amides is 1. The van der Waals surface area contributed by atoms with Gasteiger partial charge in [-0.15, -0.1) is 0 Å². The number of carbonyl (C=O) groups is 1. The molecule has 102 valence electrons. The fraction of sp³-hybridized carbons (Fsp3) is 0.417. The molecule has 1 fully saturated rings. The van der Waals surface area contributed by atoms with Crippen molar-refractivity contribution in [2.75, 3.05) is 12.5 Å². The Bertz CT molecular complexity index is 514. The minimum atomic E-state index is -0.543. The number of carbonyl (C=O) groups excluding carboxylic acids is 1. The van der Waals surface area contributed by atoms with E-state index in [0.29, 0.717) is 5.56 Å². The first-order valence-corrected chi connectivity index (χ1v) is 6.07. The first-order chi connectivity index (χ1) is 9.04. The van der Waals surface area contributed by atoms with Crippen molar-refractivity contribution in [2.24, 2.45) is 5.84 Å². The van der Waals surface area contributed by atoms with Crippen LogP contribution >= 0.6 is 0 Å². The molecule has 1 aliphatic carbocycles. The lowest BCUT2D eigenvalue weighted by Crippen LogP contribution is -2.41. The van der Waals surface area contributed by atoms with Crippen molar-refractivity contribution in [1.29, 1.82) is 0 Å². The van der Waals surface area contributed by atoms with E-state index in [4.69, 9.17) is 5.84 Å². The summed E-state index contributed by atoms with van der Waals surface area (Å²) >= 11 is 0. The third-order valence-corrected chi connectivity index (χ3v) is 3.54. The maximum Gasteiger partial charge on any atom is 0.293 e. The summed E-state index contributed by atoms with van der Waals surface area (Å²) in [5.41, 5.74) is 2.64. The maximum absolute atomic E-state index is 12.2. The predicted molar refractivity (Wildman–Crippen MR) is 70.6 cm³/mol. The number of nitro groups is 1. The van der Waals surface area contributed by atoms with Crippen LogP contribution in [0.2, 0.25) is 0 Å². The average Bonchev–Trinajstić information content (AvgIpc) is 2.34. The van der Waals surface area contributed by atoms with Crippen molar-refractivity contribution in [1.82, 2.24) is 4.90 Å². The number of benzene rings is 1. The molecule has 0 bridgehead atoms. The lowest BCUT2D eigenvalue weighted by Gasteiger charge is -2.34. The second kappa shape index (κ2) is 5.23. The van der Waals surface area contributed by atoms with E-state index in [1.165, 1.54) is 18.2 Å². The van der Waals surface area contributed by atoms with E-state index in [1.54, 1.807) is 11.9 Å². The zero-order valence-corrected chi connectivity index (χ0v) is 10.6. The maximum atomic E-state index is 12.2. The largest absolute Gasteiger partial charge is 0.339 e. The number of rotatable bonds is 4. The number of nitrogen functional groups attached to an aromatic ring is 1. The molecule has 3 N–H and O–H groups in total. The van der Waals surface area contributed by atoms with Gasteiger partial charge in [0, 0.05) is 24.7 Å². The Morgan fingerprint density at radius 3 is 2.68 bits per heavy atom. The zero-order valence-electron chi connectivity index (χ0n) is 10.6. The second-order valence-electron chi connectivity index (χ2n) is 4.63. The van der Waals surface area contributed by atoms with Gasteiger partial charge in [0.05, 0.1) is 4.92 Å². The fourth-order valence-electron chi connectivity index (χ4n) is 2.09. The van der Waals surface area contributed by atoms with Crippen LogP contribution in [0.3, 0.4) is 0 Å². The van der Waals surface area contributed by atoms with E-state index in [2.05, 4.69) is 5.43 Å². The lowest BCUT2D eigenvalue weighted by atomic mass is 9.91. The number of hydrogen-bond acceptors (Lipinski definition) is 5. The van der Waals surface area contributed by atoms with Crippen LogP contribution < -0.4 is 11.3 Å². The molecular formula is C12H16N4O3. The van der Waals surface area contributed by atoms with Gasteiger partial charge in [-0.2, -0.15) is 0 Å². The van der Waals surface area contributed by atoms with Gasteiger partial charge in [-0.05, 0) is 31.4 Å². The molecule has 0 radical (unpaired) electrons. The van der Waals surface area contributed by atoms with Gasteiger partial charge in [-0.25, -0.2) is 0 Å². The van der Waals surface area contributed by atoms with E-state index >= 15 is 0 Å². The summed E-state index contributed by atoms with van der Waals surface area (Å²) in [5, 5.41) is 10.8. The highest BCUT2D eigenvalue weighted by Crippen LogP contribution is 2.28. The van der Waals surface area contributed by atoms with Crippen molar-refractivity contribution in [3.8, 4) is 0 Å². The van der Waals surface area contributed by atoms with Gasteiger partial charge >= 0.3 is 0 Å². The van der Waals surface area contributed by atoms with E-state index in [9.17, 15) is 14.9 Å². The molecule has 0 atom stereocenters. The number of nitrogens with one attached hydrogen (secondary N) is 1. The van der Waals surface area contributed by atoms with Crippen LogP contribution in [0.25, 0.3) is 0 Å². The van der Waals surface area contributed by atoms with Gasteiger partial charge < -0.3 is 10.3 Å². The Balaban J connectivity index is 2.24. The highest BCUT2D eigenvalue weighted by Gasteiger charge is 2.27. The number of nitrogens with zero attached hydrogens (tertiary/aromatic N) is 2.